The molecule has 6 nitrogen and oxygen atoms in total. The number of hydrogen-bond acceptors (Lipinski definition) is 6. The van der Waals surface area contributed by atoms with Crippen LogP contribution in [0.5, 0.6) is 0 Å². The number of amides is 1. The third kappa shape index (κ3) is 5.32. The Hall–Kier alpha value is -1.37. The predicted molar refractivity (Wildman–Crippen MR) is 77.0 cm³/mol. The Morgan fingerprint density at radius 2 is 2.10 bits per heavy atom. The summed E-state index contributed by atoms with van der Waals surface area (Å²) >= 11 is 1.54. The number of ketones is 1. The molecule has 1 fully saturated rings. The number of Topliss-reactive ketones (excluding diaryl/α,β-unsaturated/α-hetero) is 1. The minimum absolute atomic E-state index is 0.0411. The molecule has 0 aliphatic carbocycles. The second-order valence-electron chi connectivity index (χ2n) is 4.84. The minimum atomic E-state index is -0.824. The number of thioether (sulfide) groups is 1. The van der Waals surface area contributed by atoms with Gasteiger partial charge in [0.05, 0.1) is 17.6 Å². The first-order valence-corrected chi connectivity index (χ1v) is 7.64. The largest absolute Gasteiger partial charge is 0.461 e. The van der Waals surface area contributed by atoms with Crippen LogP contribution in [0, 0.1) is 5.41 Å². The third-order valence-corrected chi connectivity index (χ3v) is 4.11. The van der Waals surface area contributed by atoms with Crippen LogP contribution in [-0.4, -0.2) is 47.0 Å². The van der Waals surface area contributed by atoms with Gasteiger partial charge in [0, 0.05) is 6.42 Å². The van der Waals surface area contributed by atoms with E-state index in [1.807, 2.05) is 0 Å². The molecule has 0 radical (unpaired) electrons. The number of carbonyl (C=O) groups is 3. The van der Waals surface area contributed by atoms with Crippen molar-refractivity contribution in [2.24, 2.45) is 0 Å². The lowest BCUT2D eigenvalue weighted by Crippen LogP contribution is -2.47. The molecule has 0 saturated carbocycles. The molecule has 1 heterocycles. The van der Waals surface area contributed by atoms with Gasteiger partial charge in [-0.3, -0.25) is 9.59 Å². The minimum Gasteiger partial charge on any atom is -0.461 e. The summed E-state index contributed by atoms with van der Waals surface area (Å²) in [7, 11) is 0. The zero-order chi connectivity index (χ0) is 15.1. The summed E-state index contributed by atoms with van der Waals surface area (Å²) in [6.07, 6.45) is 1.44. The Bertz CT molecular complexity index is 394. The van der Waals surface area contributed by atoms with Crippen LogP contribution in [0.2, 0.25) is 0 Å². The van der Waals surface area contributed by atoms with Crippen molar-refractivity contribution in [3.63, 3.8) is 0 Å². The highest BCUT2D eigenvalue weighted by molar-refractivity contribution is 8.01. The first-order chi connectivity index (χ1) is 9.43. The van der Waals surface area contributed by atoms with Crippen molar-refractivity contribution in [3.8, 4) is 0 Å². The lowest BCUT2D eigenvalue weighted by Gasteiger charge is -2.26. The first-order valence-electron chi connectivity index (χ1n) is 6.59. The highest BCUT2D eigenvalue weighted by atomic mass is 32.2. The van der Waals surface area contributed by atoms with Gasteiger partial charge in [0.1, 0.15) is 6.04 Å². The highest BCUT2D eigenvalue weighted by Crippen LogP contribution is 2.27. The quantitative estimate of drug-likeness (QED) is 0.513. The van der Waals surface area contributed by atoms with Crippen LogP contribution in [-0.2, 0) is 19.1 Å². The topological polar surface area (TPSA) is 96.3 Å². The van der Waals surface area contributed by atoms with Gasteiger partial charge in [0.15, 0.2) is 5.78 Å². The molecule has 1 unspecified atom stereocenters. The summed E-state index contributed by atoms with van der Waals surface area (Å²) in [5.74, 6) is -0.143. The molecule has 1 rings (SSSR count). The van der Waals surface area contributed by atoms with E-state index >= 15 is 0 Å². The van der Waals surface area contributed by atoms with Crippen molar-refractivity contribution in [2.75, 3.05) is 5.75 Å². The molecule has 0 spiro atoms. The fourth-order valence-corrected chi connectivity index (χ4v) is 2.32. The molecule has 7 heteroatoms. The summed E-state index contributed by atoms with van der Waals surface area (Å²) in [4.78, 5) is 34.9. The Labute approximate surface area is 122 Å². The number of carbonyl (C=O) groups excluding carboxylic acids is 3. The average molecular weight is 300 g/mol. The molecule has 1 aliphatic rings. The Balaban J connectivity index is 2.56. The molecule has 1 aliphatic heterocycles. The number of rotatable bonds is 8. The maximum absolute atomic E-state index is 11.9. The smallest absolute Gasteiger partial charge is 0.328 e. The van der Waals surface area contributed by atoms with Crippen molar-refractivity contribution in [3.05, 3.63) is 0 Å². The van der Waals surface area contributed by atoms with Gasteiger partial charge >= 0.3 is 5.97 Å². The van der Waals surface area contributed by atoms with Gasteiger partial charge in [-0.15, -0.1) is 11.8 Å². The number of hydrogen-bond donors (Lipinski definition) is 2. The molecule has 20 heavy (non-hydrogen) atoms. The van der Waals surface area contributed by atoms with E-state index in [1.165, 1.54) is 0 Å². The molecule has 0 aromatic rings. The van der Waals surface area contributed by atoms with Crippen molar-refractivity contribution in [1.29, 1.82) is 5.41 Å². The van der Waals surface area contributed by atoms with Crippen molar-refractivity contribution >= 4 is 35.6 Å². The van der Waals surface area contributed by atoms with E-state index in [-0.39, 0.29) is 35.9 Å². The van der Waals surface area contributed by atoms with Crippen LogP contribution in [0.15, 0.2) is 0 Å². The summed E-state index contributed by atoms with van der Waals surface area (Å²) in [5, 5.41) is 9.37. The maximum atomic E-state index is 11.9. The highest BCUT2D eigenvalue weighted by Gasteiger charge is 2.30. The summed E-state index contributed by atoms with van der Waals surface area (Å²) in [6.45, 7) is 3.45. The molecular formula is C13H20N2O4S. The SMILES string of the molecule is CC(C)OC(=O)[C@H](CCC(=O)C=N)NC(=O)C1CCS1. The van der Waals surface area contributed by atoms with Gasteiger partial charge in [0.2, 0.25) is 5.91 Å². The second kappa shape index (κ2) is 8.04. The van der Waals surface area contributed by atoms with Gasteiger partial charge < -0.3 is 15.5 Å². The molecule has 0 aromatic heterocycles. The Morgan fingerprint density at radius 1 is 1.45 bits per heavy atom. The van der Waals surface area contributed by atoms with Crippen molar-refractivity contribution < 1.29 is 19.1 Å². The Morgan fingerprint density at radius 3 is 2.55 bits per heavy atom. The third-order valence-electron chi connectivity index (χ3n) is 2.78. The van der Waals surface area contributed by atoms with Crippen LogP contribution in [0.1, 0.15) is 33.1 Å². The van der Waals surface area contributed by atoms with Gasteiger partial charge in [-0.25, -0.2) is 4.79 Å². The summed E-state index contributed by atoms with van der Waals surface area (Å²) in [6, 6.07) is -0.824. The van der Waals surface area contributed by atoms with E-state index in [9.17, 15) is 14.4 Å². The molecule has 0 bridgehead atoms. The molecule has 2 atom stereocenters. The van der Waals surface area contributed by atoms with Crippen LogP contribution in [0.4, 0.5) is 0 Å². The second-order valence-corrected chi connectivity index (χ2v) is 6.15. The molecular weight excluding hydrogens is 280 g/mol. The average Bonchev–Trinajstić information content (AvgIpc) is 2.30. The first kappa shape index (κ1) is 16.7. The molecule has 1 amide bonds. The van der Waals surface area contributed by atoms with Crippen LogP contribution >= 0.6 is 11.8 Å². The van der Waals surface area contributed by atoms with Crippen LogP contribution in [0.25, 0.3) is 0 Å². The lowest BCUT2D eigenvalue weighted by molar-refractivity contribution is -0.151. The zero-order valence-corrected chi connectivity index (χ0v) is 12.5. The predicted octanol–water partition coefficient (Wildman–Crippen LogP) is 0.927. The standard InChI is InChI=1S/C13H20N2O4S/c1-8(2)19-13(18)10(4-3-9(16)7-14)15-12(17)11-5-6-20-11/h7-8,10-11,14H,3-6H2,1-2H3,(H,15,17)/t10-,11?/m0/s1. The monoisotopic (exact) mass is 300 g/mol. The Kier molecular flexibility index (Phi) is 6.70. The van der Waals surface area contributed by atoms with E-state index in [0.717, 1.165) is 12.2 Å². The number of ether oxygens (including phenoxy) is 1. The molecule has 112 valence electrons. The van der Waals surface area contributed by atoms with E-state index in [4.69, 9.17) is 10.1 Å². The van der Waals surface area contributed by atoms with E-state index in [1.54, 1.807) is 25.6 Å². The maximum Gasteiger partial charge on any atom is 0.328 e. The van der Waals surface area contributed by atoms with Gasteiger partial charge in [-0.2, -0.15) is 0 Å². The number of nitrogens with one attached hydrogen (secondary N) is 2. The van der Waals surface area contributed by atoms with Gasteiger partial charge in [-0.05, 0) is 32.4 Å². The van der Waals surface area contributed by atoms with Crippen LogP contribution in [0.3, 0.4) is 0 Å². The van der Waals surface area contributed by atoms with Crippen LogP contribution < -0.4 is 5.32 Å². The molecule has 2 N–H and O–H groups in total. The normalized spacial score (nSPS) is 18.9. The van der Waals surface area contributed by atoms with E-state index in [0.29, 0.717) is 6.21 Å². The number of esters is 1. The molecule has 1 saturated heterocycles. The summed E-state index contributed by atoms with van der Waals surface area (Å²) in [5.41, 5.74) is 0. The van der Waals surface area contributed by atoms with Crippen molar-refractivity contribution in [1.82, 2.24) is 5.32 Å². The fourth-order valence-electron chi connectivity index (χ4n) is 1.63. The van der Waals surface area contributed by atoms with Crippen molar-refractivity contribution in [2.45, 2.75) is 50.5 Å². The van der Waals surface area contributed by atoms with Gasteiger partial charge in [-0.1, -0.05) is 0 Å². The summed E-state index contributed by atoms with van der Waals surface area (Å²) < 4.78 is 5.08. The van der Waals surface area contributed by atoms with E-state index in [2.05, 4.69) is 5.32 Å². The molecule has 0 aromatic carbocycles. The zero-order valence-electron chi connectivity index (χ0n) is 11.7. The lowest BCUT2D eigenvalue weighted by atomic mass is 10.1. The van der Waals surface area contributed by atoms with E-state index < -0.39 is 12.0 Å². The fraction of sp³-hybridized carbons (Fsp3) is 0.692. The van der Waals surface area contributed by atoms with Gasteiger partial charge in [0.25, 0.3) is 0 Å².